The van der Waals surface area contributed by atoms with E-state index in [1.807, 2.05) is 0 Å². The van der Waals surface area contributed by atoms with Gasteiger partial charge in [0.05, 0.1) is 10.7 Å². The van der Waals surface area contributed by atoms with Crippen LogP contribution in [-0.2, 0) is 9.53 Å². The van der Waals surface area contributed by atoms with Crippen molar-refractivity contribution < 1.29 is 23.1 Å². The molecule has 0 heterocycles. The summed E-state index contributed by atoms with van der Waals surface area (Å²) in [6.45, 7) is -0.709. The molecule has 0 aliphatic heterocycles. The molecule has 2 aromatic rings. The van der Waals surface area contributed by atoms with Crippen LogP contribution < -0.4 is 5.32 Å². The highest BCUT2D eigenvalue weighted by Crippen LogP contribution is 2.21. The lowest BCUT2D eigenvalue weighted by Gasteiger charge is -2.09. The van der Waals surface area contributed by atoms with Gasteiger partial charge in [0.15, 0.2) is 6.61 Å². The Kier molecular flexibility index (Phi) is 5.68. The molecule has 0 aliphatic rings. The molecule has 23 heavy (non-hydrogen) atoms. The molecular formula is C15H9BrClF2NO3. The molecule has 0 aliphatic carbocycles. The molecule has 0 fully saturated rings. The third kappa shape index (κ3) is 4.49. The van der Waals surface area contributed by atoms with Crippen molar-refractivity contribution in [1.82, 2.24) is 0 Å². The Labute approximate surface area is 143 Å². The van der Waals surface area contributed by atoms with Crippen molar-refractivity contribution in [1.29, 1.82) is 0 Å². The summed E-state index contributed by atoms with van der Waals surface area (Å²) >= 11 is 8.79. The number of hydrogen-bond donors (Lipinski definition) is 1. The lowest BCUT2D eigenvalue weighted by molar-refractivity contribution is -0.119. The average molecular weight is 405 g/mol. The topological polar surface area (TPSA) is 55.4 Å². The number of benzene rings is 2. The molecule has 0 unspecified atom stereocenters. The molecule has 2 aromatic carbocycles. The predicted molar refractivity (Wildman–Crippen MR) is 84.4 cm³/mol. The lowest BCUT2D eigenvalue weighted by Crippen LogP contribution is -2.22. The third-order valence-corrected chi connectivity index (χ3v) is 3.51. The Morgan fingerprint density at radius 3 is 2.57 bits per heavy atom. The van der Waals surface area contributed by atoms with Gasteiger partial charge in [0.2, 0.25) is 0 Å². The van der Waals surface area contributed by atoms with Crippen molar-refractivity contribution >= 4 is 45.1 Å². The van der Waals surface area contributed by atoms with E-state index >= 15 is 0 Å². The van der Waals surface area contributed by atoms with Crippen molar-refractivity contribution in [2.45, 2.75) is 0 Å². The summed E-state index contributed by atoms with van der Waals surface area (Å²) in [5.74, 6) is -3.37. The third-order valence-electron chi connectivity index (χ3n) is 2.71. The second-order valence-electron chi connectivity index (χ2n) is 4.35. The van der Waals surface area contributed by atoms with Crippen LogP contribution in [0.5, 0.6) is 0 Å². The van der Waals surface area contributed by atoms with Gasteiger partial charge in [-0.15, -0.1) is 0 Å². The number of amides is 1. The molecule has 0 atom stereocenters. The molecule has 8 heteroatoms. The zero-order valence-electron chi connectivity index (χ0n) is 11.4. The summed E-state index contributed by atoms with van der Waals surface area (Å²) in [5.41, 5.74) is -0.532. The maximum atomic E-state index is 13.6. The van der Waals surface area contributed by atoms with E-state index < -0.39 is 35.7 Å². The number of ether oxygens (including phenoxy) is 1. The number of anilines is 1. The Bertz CT molecular complexity index is 750. The highest BCUT2D eigenvalue weighted by atomic mass is 79.9. The summed E-state index contributed by atoms with van der Waals surface area (Å²) < 4.78 is 32.3. The van der Waals surface area contributed by atoms with Crippen molar-refractivity contribution in [3.8, 4) is 0 Å². The molecule has 2 rings (SSSR count). The monoisotopic (exact) mass is 403 g/mol. The fourth-order valence-corrected chi connectivity index (χ4v) is 2.25. The Balaban J connectivity index is 1.98. The van der Waals surface area contributed by atoms with Crippen molar-refractivity contribution in [2.75, 3.05) is 11.9 Å². The predicted octanol–water partition coefficient (Wildman–Crippen LogP) is 4.18. The number of halogens is 4. The van der Waals surface area contributed by atoms with Crippen LogP contribution in [0, 0.1) is 11.6 Å². The fourth-order valence-electron chi connectivity index (χ4n) is 1.67. The minimum absolute atomic E-state index is 0.0711. The average Bonchev–Trinajstić information content (AvgIpc) is 2.48. The number of carbonyl (C=O) groups excluding carboxylic acids is 2. The number of carbonyl (C=O) groups is 2. The van der Waals surface area contributed by atoms with Gasteiger partial charge >= 0.3 is 5.97 Å². The maximum Gasteiger partial charge on any atom is 0.343 e. The van der Waals surface area contributed by atoms with Crippen LogP contribution in [0.25, 0.3) is 0 Å². The van der Waals surface area contributed by atoms with Gasteiger partial charge in [0.25, 0.3) is 5.91 Å². The van der Waals surface area contributed by atoms with Gasteiger partial charge in [0.1, 0.15) is 17.2 Å². The van der Waals surface area contributed by atoms with Crippen LogP contribution >= 0.6 is 27.5 Å². The normalized spacial score (nSPS) is 10.3. The first kappa shape index (κ1) is 17.4. The van der Waals surface area contributed by atoms with E-state index in [2.05, 4.69) is 26.0 Å². The van der Waals surface area contributed by atoms with E-state index in [1.165, 1.54) is 30.3 Å². The molecule has 0 saturated carbocycles. The number of nitrogens with one attached hydrogen (secondary N) is 1. The molecule has 1 amide bonds. The van der Waals surface area contributed by atoms with Crippen molar-refractivity contribution in [3.05, 3.63) is 63.1 Å². The first-order valence-electron chi connectivity index (χ1n) is 6.24. The van der Waals surface area contributed by atoms with Gasteiger partial charge in [-0.25, -0.2) is 13.6 Å². The minimum Gasteiger partial charge on any atom is -0.452 e. The largest absolute Gasteiger partial charge is 0.452 e. The number of esters is 1. The Morgan fingerprint density at radius 1 is 1.17 bits per heavy atom. The highest BCUT2D eigenvalue weighted by molar-refractivity contribution is 9.10. The molecule has 0 saturated heterocycles. The molecule has 4 nitrogen and oxygen atoms in total. The van der Waals surface area contributed by atoms with Crippen LogP contribution in [0.2, 0.25) is 5.02 Å². The summed E-state index contributed by atoms with van der Waals surface area (Å²) in [5, 5.41) is 2.10. The van der Waals surface area contributed by atoms with E-state index in [0.717, 1.165) is 6.07 Å². The summed E-state index contributed by atoms with van der Waals surface area (Å²) in [4.78, 5) is 23.4. The van der Waals surface area contributed by atoms with Crippen LogP contribution in [0.4, 0.5) is 14.5 Å². The van der Waals surface area contributed by atoms with Gasteiger partial charge in [-0.3, -0.25) is 4.79 Å². The summed E-state index contributed by atoms with van der Waals surface area (Å²) in [6, 6.07) is 7.73. The van der Waals surface area contributed by atoms with E-state index in [-0.39, 0.29) is 10.7 Å². The SMILES string of the molecule is O=C(COC(=O)c1c(F)cccc1Cl)Nc1ccc(Br)cc1F. The van der Waals surface area contributed by atoms with E-state index in [9.17, 15) is 18.4 Å². The van der Waals surface area contributed by atoms with E-state index in [4.69, 9.17) is 11.6 Å². The lowest BCUT2D eigenvalue weighted by atomic mass is 10.2. The van der Waals surface area contributed by atoms with Gasteiger partial charge in [-0.1, -0.05) is 33.6 Å². The molecule has 0 radical (unpaired) electrons. The zero-order chi connectivity index (χ0) is 17.0. The van der Waals surface area contributed by atoms with Gasteiger partial charge in [0, 0.05) is 4.47 Å². The minimum atomic E-state index is -1.08. The van der Waals surface area contributed by atoms with Crippen LogP contribution in [-0.4, -0.2) is 18.5 Å². The highest BCUT2D eigenvalue weighted by Gasteiger charge is 2.18. The molecule has 0 aromatic heterocycles. The molecule has 1 N–H and O–H groups in total. The van der Waals surface area contributed by atoms with Crippen molar-refractivity contribution in [3.63, 3.8) is 0 Å². The van der Waals surface area contributed by atoms with Crippen molar-refractivity contribution in [2.24, 2.45) is 0 Å². The van der Waals surface area contributed by atoms with Gasteiger partial charge < -0.3 is 10.1 Å². The second-order valence-corrected chi connectivity index (χ2v) is 5.67. The Morgan fingerprint density at radius 2 is 1.91 bits per heavy atom. The molecular weight excluding hydrogens is 396 g/mol. The molecule has 120 valence electrons. The fraction of sp³-hybridized carbons (Fsp3) is 0.0667. The molecule has 0 spiro atoms. The summed E-state index contributed by atoms with van der Waals surface area (Å²) in [6.07, 6.45) is 0. The second kappa shape index (κ2) is 7.52. The summed E-state index contributed by atoms with van der Waals surface area (Å²) in [7, 11) is 0. The van der Waals surface area contributed by atoms with Gasteiger partial charge in [-0.2, -0.15) is 0 Å². The quantitative estimate of drug-likeness (QED) is 0.778. The van der Waals surface area contributed by atoms with E-state index in [0.29, 0.717) is 4.47 Å². The smallest absolute Gasteiger partial charge is 0.343 e. The zero-order valence-corrected chi connectivity index (χ0v) is 13.7. The standard InChI is InChI=1S/C15H9BrClF2NO3/c16-8-4-5-12(11(19)6-8)20-13(21)7-23-15(22)14-9(17)2-1-3-10(14)18/h1-6H,7H2,(H,20,21). The Hall–Kier alpha value is -1.99. The maximum absolute atomic E-state index is 13.6. The van der Waals surface area contributed by atoms with Crippen LogP contribution in [0.1, 0.15) is 10.4 Å². The molecule has 0 bridgehead atoms. The van der Waals surface area contributed by atoms with Crippen LogP contribution in [0.3, 0.4) is 0 Å². The first-order valence-corrected chi connectivity index (χ1v) is 7.41. The van der Waals surface area contributed by atoms with E-state index in [1.54, 1.807) is 0 Å². The number of rotatable bonds is 4. The van der Waals surface area contributed by atoms with Gasteiger partial charge in [-0.05, 0) is 30.3 Å². The number of hydrogen-bond acceptors (Lipinski definition) is 3. The first-order chi connectivity index (χ1) is 10.9. The van der Waals surface area contributed by atoms with Crippen LogP contribution in [0.15, 0.2) is 40.9 Å².